The van der Waals surface area contributed by atoms with Crippen LogP contribution in [0.3, 0.4) is 0 Å². The van der Waals surface area contributed by atoms with Crippen LogP contribution in [0.2, 0.25) is 0 Å². The van der Waals surface area contributed by atoms with Gasteiger partial charge in [-0.15, -0.1) is 0 Å². The van der Waals surface area contributed by atoms with Crippen LogP contribution in [-0.2, 0) is 19.6 Å². The van der Waals surface area contributed by atoms with E-state index >= 15 is 0 Å². The van der Waals surface area contributed by atoms with Crippen LogP contribution in [0.1, 0.15) is 16.7 Å². The normalized spacial score (nSPS) is 13.9. The standard InChI is InChI=1S/C16H17NO2/c18-15-6-1-2-7-16(15)19-11-13-5-3-4-12-8-9-17-10-14(12)13/h1-7,17-18H,8-11H2. The van der Waals surface area contributed by atoms with Crippen LogP contribution in [0.4, 0.5) is 0 Å². The van der Waals surface area contributed by atoms with E-state index in [1.807, 2.05) is 6.07 Å². The van der Waals surface area contributed by atoms with Gasteiger partial charge in [0.1, 0.15) is 6.61 Å². The van der Waals surface area contributed by atoms with Gasteiger partial charge in [0.05, 0.1) is 0 Å². The SMILES string of the molecule is Oc1ccccc1OCc1cccc2c1CNCC2. The highest BCUT2D eigenvalue weighted by atomic mass is 16.5. The van der Waals surface area contributed by atoms with Gasteiger partial charge >= 0.3 is 0 Å². The molecule has 2 aromatic carbocycles. The van der Waals surface area contributed by atoms with Crippen molar-refractivity contribution in [2.45, 2.75) is 19.6 Å². The summed E-state index contributed by atoms with van der Waals surface area (Å²) in [6.07, 6.45) is 1.07. The van der Waals surface area contributed by atoms with Crippen LogP contribution in [0, 0.1) is 0 Å². The predicted molar refractivity (Wildman–Crippen MR) is 74.3 cm³/mol. The molecule has 0 fully saturated rings. The lowest BCUT2D eigenvalue weighted by atomic mass is 9.96. The average Bonchev–Trinajstić information content (AvgIpc) is 2.46. The molecule has 3 rings (SSSR count). The number of benzene rings is 2. The van der Waals surface area contributed by atoms with E-state index in [4.69, 9.17) is 4.74 Å². The van der Waals surface area contributed by atoms with Crippen molar-refractivity contribution >= 4 is 0 Å². The molecule has 19 heavy (non-hydrogen) atoms. The maximum absolute atomic E-state index is 9.69. The van der Waals surface area contributed by atoms with Gasteiger partial charge in [0, 0.05) is 6.54 Å². The lowest BCUT2D eigenvalue weighted by molar-refractivity contribution is 0.287. The number of para-hydroxylation sites is 2. The van der Waals surface area contributed by atoms with E-state index in [1.54, 1.807) is 18.2 Å². The molecule has 1 aliphatic rings. The van der Waals surface area contributed by atoms with Crippen LogP contribution in [0.25, 0.3) is 0 Å². The number of phenolic OH excluding ortho intramolecular Hbond substituents is 1. The van der Waals surface area contributed by atoms with Gasteiger partial charge < -0.3 is 15.2 Å². The molecule has 0 radical (unpaired) electrons. The maximum Gasteiger partial charge on any atom is 0.161 e. The number of fused-ring (bicyclic) bond motifs is 1. The molecular weight excluding hydrogens is 238 g/mol. The molecule has 2 N–H and O–H groups in total. The zero-order valence-electron chi connectivity index (χ0n) is 10.7. The third-order valence-electron chi connectivity index (χ3n) is 3.49. The highest BCUT2D eigenvalue weighted by molar-refractivity contribution is 5.40. The molecule has 3 heteroatoms. The number of phenols is 1. The summed E-state index contributed by atoms with van der Waals surface area (Å²) in [5, 5.41) is 13.1. The summed E-state index contributed by atoms with van der Waals surface area (Å²) in [6, 6.07) is 13.4. The van der Waals surface area contributed by atoms with Crippen molar-refractivity contribution in [2.24, 2.45) is 0 Å². The number of hydrogen-bond acceptors (Lipinski definition) is 3. The summed E-state index contributed by atoms with van der Waals surface area (Å²) >= 11 is 0. The van der Waals surface area contributed by atoms with E-state index in [1.165, 1.54) is 16.7 Å². The van der Waals surface area contributed by atoms with E-state index in [9.17, 15) is 5.11 Å². The molecule has 0 atom stereocenters. The highest BCUT2D eigenvalue weighted by Crippen LogP contribution is 2.26. The third-order valence-corrected chi connectivity index (χ3v) is 3.49. The lowest BCUT2D eigenvalue weighted by Gasteiger charge is -2.20. The summed E-state index contributed by atoms with van der Waals surface area (Å²) in [5.74, 6) is 0.717. The van der Waals surface area contributed by atoms with Crippen molar-refractivity contribution in [2.75, 3.05) is 6.54 Å². The Morgan fingerprint density at radius 2 is 2.00 bits per heavy atom. The first-order chi connectivity index (χ1) is 9.34. The van der Waals surface area contributed by atoms with E-state index in [0.717, 1.165) is 19.5 Å². The fourth-order valence-corrected chi connectivity index (χ4v) is 2.46. The van der Waals surface area contributed by atoms with Crippen LogP contribution in [-0.4, -0.2) is 11.7 Å². The monoisotopic (exact) mass is 255 g/mol. The molecule has 0 unspecified atom stereocenters. The van der Waals surface area contributed by atoms with Crippen LogP contribution in [0.5, 0.6) is 11.5 Å². The Kier molecular flexibility index (Phi) is 3.38. The summed E-state index contributed by atoms with van der Waals surface area (Å²) in [5.41, 5.74) is 3.93. The molecule has 0 amide bonds. The molecule has 2 aromatic rings. The number of ether oxygens (including phenoxy) is 1. The summed E-state index contributed by atoms with van der Waals surface area (Å²) in [6.45, 7) is 2.43. The van der Waals surface area contributed by atoms with Crippen molar-refractivity contribution < 1.29 is 9.84 Å². The second-order valence-electron chi connectivity index (χ2n) is 4.74. The minimum absolute atomic E-state index is 0.186. The first-order valence-electron chi connectivity index (χ1n) is 6.56. The van der Waals surface area contributed by atoms with Crippen molar-refractivity contribution in [3.8, 4) is 11.5 Å². The fourth-order valence-electron chi connectivity index (χ4n) is 2.46. The van der Waals surface area contributed by atoms with E-state index in [0.29, 0.717) is 12.4 Å². The van der Waals surface area contributed by atoms with Gasteiger partial charge in [-0.3, -0.25) is 0 Å². The molecule has 0 spiro atoms. The zero-order chi connectivity index (χ0) is 13.1. The average molecular weight is 255 g/mol. The Hall–Kier alpha value is -2.00. The largest absolute Gasteiger partial charge is 0.504 e. The van der Waals surface area contributed by atoms with Crippen molar-refractivity contribution in [1.82, 2.24) is 5.32 Å². The van der Waals surface area contributed by atoms with Gasteiger partial charge in [0.2, 0.25) is 0 Å². The third kappa shape index (κ3) is 2.56. The summed E-state index contributed by atoms with van der Waals surface area (Å²) < 4.78 is 5.71. The van der Waals surface area contributed by atoms with Gasteiger partial charge in [-0.05, 0) is 41.8 Å². The quantitative estimate of drug-likeness (QED) is 0.886. The second kappa shape index (κ2) is 5.33. The van der Waals surface area contributed by atoms with E-state index < -0.39 is 0 Å². The molecule has 0 saturated carbocycles. The topological polar surface area (TPSA) is 41.5 Å². The molecule has 1 aliphatic heterocycles. The molecule has 0 aliphatic carbocycles. The molecule has 1 heterocycles. The maximum atomic E-state index is 9.69. The number of aromatic hydroxyl groups is 1. The number of rotatable bonds is 3. The van der Waals surface area contributed by atoms with E-state index in [-0.39, 0.29) is 5.75 Å². The summed E-state index contributed by atoms with van der Waals surface area (Å²) in [4.78, 5) is 0. The van der Waals surface area contributed by atoms with Gasteiger partial charge in [-0.2, -0.15) is 0 Å². The highest BCUT2D eigenvalue weighted by Gasteiger charge is 2.12. The van der Waals surface area contributed by atoms with Crippen LogP contribution >= 0.6 is 0 Å². The van der Waals surface area contributed by atoms with Crippen molar-refractivity contribution in [1.29, 1.82) is 0 Å². The molecule has 3 nitrogen and oxygen atoms in total. The molecule has 98 valence electrons. The van der Waals surface area contributed by atoms with Gasteiger partial charge in [0.25, 0.3) is 0 Å². The minimum Gasteiger partial charge on any atom is -0.504 e. The fraction of sp³-hybridized carbons (Fsp3) is 0.250. The smallest absolute Gasteiger partial charge is 0.161 e. The summed E-state index contributed by atoms with van der Waals surface area (Å²) in [7, 11) is 0. The molecular formula is C16H17NO2. The van der Waals surface area contributed by atoms with Gasteiger partial charge in [-0.25, -0.2) is 0 Å². The Bertz CT molecular complexity index is 581. The lowest BCUT2D eigenvalue weighted by Crippen LogP contribution is -2.25. The first-order valence-corrected chi connectivity index (χ1v) is 6.56. The minimum atomic E-state index is 0.186. The predicted octanol–water partition coefficient (Wildman–Crippen LogP) is 2.62. The molecule has 0 saturated heterocycles. The first kappa shape index (κ1) is 12.1. The second-order valence-corrected chi connectivity index (χ2v) is 4.74. The van der Waals surface area contributed by atoms with E-state index in [2.05, 4.69) is 23.5 Å². The van der Waals surface area contributed by atoms with Crippen molar-refractivity contribution in [3.63, 3.8) is 0 Å². The molecule has 0 aromatic heterocycles. The van der Waals surface area contributed by atoms with Crippen molar-refractivity contribution in [3.05, 3.63) is 59.2 Å². The Morgan fingerprint density at radius 3 is 2.89 bits per heavy atom. The van der Waals surface area contributed by atoms with Crippen LogP contribution in [0.15, 0.2) is 42.5 Å². The Labute approximate surface area is 112 Å². The number of nitrogens with one attached hydrogen (secondary N) is 1. The van der Waals surface area contributed by atoms with Gasteiger partial charge in [-0.1, -0.05) is 30.3 Å². The number of hydrogen-bond donors (Lipinski definition) is 2. The van der Waals surface area contributed by atoms with Crippen LogP contribution < -0.4 is 10.1 Å². The molecule has 0 bridgehead atoms. The van der Waals surface area contributed by atoms with Gasteiger partial charge in [0.15, 0.2) is 11.5 Å². The Morgan fingerprint density at radius 1 is 1.11 bits per heavy atom. The Balaban J connectivity index is 1.79. The zero-order valence-corrected chi connectivity index (χ0v) is 10.7.